The van der Waals surface area contributed by atoms with Gasteiger partial charge in [-0.1, -0.05) is 31.0 Å². The summed E-state index contributed by atoms with van der Waals surface area (Å²) in [6, 6.07) is 11.8. The molecule has 0 bridgehead atoms. The van der Waals surface area contributed by atoms with Crippen molar-refractivity contribution in [1.29, 1.82) is 0 Å². The highest BCUT2D eigenvalue weighted by Crippen LogP contribution is 2.15. The minimum Gasteiger partial charge on any atom is -0.469 e. The summed E-state index contributed by atoms with van der Waals surface area (Å²) in [4.78, 5) is 36.2. The first kappa shape index (κ1) is 21.3. The number of halogens is 1. The molecule has 148 valence electrons. The SMILES string of the molecule is COC(=O)CCCCCCNC(=O)c1ccccc1C(=O)c1ccc(F)cc1. The molecule has 0 aliphatic carbocycles. The molecule has 6 heteroatoms. The lowest BCUT2D eigenvalue weighted by Gasteiger charge is -2.10. The maximum absolute atomic E-state index is 13.1. The molecule has 0 radical (unpaired) electrons. The highest BCUT2D eigenvalue weighted by atomic mass is 19.1. The van der Waals surface area contributed by atoms with Crippen LogP contribution in [-0.2, 0) is 9.53 Å². The number of carbonyl (C=O) groups is 3. The maximum atomic E-state index is 13.1. The number of hydrogen-bond donors (Lipinski definition) is 1. The number of ether oxygens (including phenoxy) is 1. The van der Waals surface area contributed by atoms with Gasteiger partial charge in [0.05, 0.1) is 12.7 Å². The van der Waals surface area contributed by atoms with E-state index in [1.807, 2.05) is 0 Å². The van der Waals surface area contributed by atoms with Crippen LogP contribution in [0.4, 0.5) is 4.39 Å². The molecule has 28 heavy (non-hydrogen) atoms. The van der Waals surface area contributed by atoms with Crippen LogP contribution in [0, 0.1) is 5.82 Å². The summed E-state index contributed by atoms with van der Waals surface area (Å²) in [5.41, 5.74) is 0.902. The normalized spacial score (nSPS) is 10.4. The van der Waals surface area contributed by atoms with Crippen LogP contribution in [0.15, 0.2) is 48.5 Å². The number of carbonyl (C=O) groups excluding carboxylic acids is 3. The van der Waals surface area contributed by atoms with Crippen molar-refractivity contribution >= 4 is 17.7 Å². The average Bonchev–Trinajstić information content (AvgIpc) is 2.72. The Hall–Kier alpha value is -3.02. The molecule has 1 amide bonds. The lowest BCUT2D eigenvalue weighted by molar-refractivity contribution is -0.140. The molecule has 0 aliphatic rings. The fraction of sp³-hybridized carbons (Fsp3) is 0.318. The number of hydrogen-bond acceptors (Lipinski definition) is 4. The molecule has 0 aromatic heterocycles. The van der Waals surface area contributed by atoms with Crippen LogP contribution >= 0.6 is 0 Å². The van der Waals surface area contributed by atoms with Crippen molar-refractivity contribution in [2.24, 2.45) is 0 Å². The van der Waals surface area contributed by atoms with E-state index >= 15 is 0 Å². The van der Waals surface area contributed by atoms with E-state index in [2.05, 4.69) is 10.1 Å². The number of nitrogens with one attached hydrogen (secondary N) is 1. The predicted octanol–water partition coefficient (Wildman–Crippen LogP) is 3.91. The topological polar surface area (TPSA) is 72.5 Å². The highest BCUT2D eigenvalue weighted by Gasteiger charge is 2.17. The van der Waals surface area contributed by atoms with Gasteiger partial charge in [-0.05, 0) is 43.2 Å². The largest absolute Gasteiger partial charge is 0.469 e. The fourth-order valence-corrected chi connectivity index (χ4v) is 2.78. The highest BCUT2D eigenvalue weighted by molar-refractivity contribution is 6.15. The first-order valence-corrected chi connectivity index (χ1v) is 9.27. The summed E-state index contributed by atoms with van der Waals surface area (Å²) in [7, 11) is 1.37. The molecule has 2 rings (SSSR count). The van der Waals surface area contributed by atoms with Crippen LogP contribution in [0.5, 0.6) is 0 Å². The van der Waals surface area contributed by atoms with Gasteiger partial charge in [0, 0.05) is 24.1 Å². The van der Waals surface area contributed by atoms with E-state index in [0.29, 0.717) is 24.1 Å². The molecule has 0 saturated carbocycles. The third-order valence-corrected chi connectivity index (χ3v) is 4.34. The van der Waals surface area contributed by atoms with Gasteiger partial charge < -0.3 is 10.1 Å². The van der Waals surface area contributed by atoms with E-state index in [1.54, 1.807) is 24.3 Å². The number of unbranched alkanes of at least 4 members (excludes halogenated alkanes) is 3. The third kappa shape index (κ3) is 6.30. The van der Waals surface area contributed by atoms with Crippen LogP contribution in [-0.4, -0.2) is 31.3 Å². The molecule has 2 aromatic rings. The molecule has 0 unspecified atom stereocenters. The Balaban J connectivity index is 1.87. The van der Waals surface area contributed by atoms with E-state index in [0.717, 1.165) is 25.7 Å². The number of amides is 1. The summed E-state index contributed by atoms with van der Waals surface area (Å²) in [6.45, 7) is 0.482. The van der Waals surface area contributed by atoms with Gasteiger partial charge in [0.15, 0.2) is 5.78 Å². The number of methoxy groups -OCH3 is 1. The Labute approximate surface area is 163 Å². The molecule has 1 N–H and O–H groups in total. The number of ketones is 1. The summed E-state index contributed by atoms with van der Waals surface area (Å²) in [5.74, 6) is -1.28. The molecule has 0 spiro atoms. The predicted molar refractivity (Wildman–Crippen MR) is 104 cm³/mol. The van der Waals surface area contributed by atoms with Crippen LogP contribution in [0.3, 0.4) is 0 Å². The molecule has 0 fully saturated rings. The molecule has 0 atom stereocenters. The second kappa shape index (κ2) is 11.0. The van der Waals surface area contributed by atoms with Gasteiger partial charge in [-0.25, -0.2) is 4.39 Å². The zero-order chi connectivity index (χ0) is 20.4. The molecular weight excluding hydrogens is 361 g/mol. The zero-order valence-corrected chi connectivity index (χ0v) is 15.9. The van der Waals surface area contributed by atoms with Gasteiger partial charge in [0.1, 0.15) is 5.82 Å². The Bertz CT molecular complexity index is 818. The lowest BCUT2D eigenvalue weighted by atomic mass is 9.98. The fourth-order valence-electron chi connectivity index (χ4n) is 2.78. The Morgan fingerprint density at radius 1 is 0.893 bits per heavy atom. The average molecular weight is 385 g/mol. The lowest BCUT2D eigenvalue weighted by Crippen LogP contribution is -2.26. The molecule has 5 nitrogen and oxygen atoms in total. The number of benzene rings is 2. The standard InChI is InChI=1S/C22H24FNO4/c1-28-20(25)10-4-2-3-7-15-24-22(27)19-9-6-5-8-18(19)21(26)16-11-13-17(23)14-12-16/h5-6,8-9,11-14H,2-4,7,10,15H2,1H3,(H,24,27). The van der Waals surface area contributed by atoms with Crippen LogP contribution in [0.2, 0.25) is 0 Å². The monoisotopic (exact) mass is 385 g/mol. The Morgan fingerprint density at radius 3 is 2.21 bits per heavy atom. The van der Waals surface area contributed by atoms with Crippen LogP contribution < -0.4 is 5.32 Å². The summed E-state index contributed by atoms with van der Waals surface area (Å²) in [5, 5.41) is 2.82. The number of rotatable bonds is 10. The van der Waals surface area contributed by atoms with Crippen LogP contribution in [0.1, 0.15) is 58.4 Å². The van der Waals surface area contributed by atoms with Crippen molar-refractivity contribution in [3.05, 3.63) is 71.0 Å². The van der Waals surface area contributed by atoms with Crippen molar-refractivity contribution in [3.8, 4) is 0 Å². The molecule has 0 saturated heterocycles. The first-order chi connectivity index (χ1) is 13.5. The molecular formula is C22H24FNO4. The van der Waals surface area contributed by atoms with Crippen molar-refractivity contribution in [1.82, 2.24) is 5.32 Å². The zero-order valence-electron chi connectivity index (χ0n) is 15.9. The second-order valence-corrected chi connectivity index (χ2v) is 6.38. The minimum absolute atomic E-state index is 0.212. The van der Waals surface area contributed by atoms with Crippen molar-refractivity contribution in [2.45, 2.75) is 32.1 Å². The second-order valence-electron chi connectivity index (χ2n) is 6.38. The third-order valence-electron chi connectivity index (χ3n) is 4.34. The summed E-state index contributed by atoms with van der Waals surface area (Å²) in [6.07, 6.45) is 3.70. The van der Waals surface area contributed by atoms with E-state index in [1.165, 1.54) is 31.4 Å². The van der Waals surface area contributed by atoms with E-state index in [-0.39, 0.29) is 23.2 Å². The maximum Gasteiger partial charge on any atom is 0.305 e. The van der Waals surface area contributed by atoms with E-state index < -0.39 is 5.82 Å². The number of esters is 1. The van der Waals surface area contributed by atoms with Gasteiger partial charge in [-0.2, -0.15) is 0 Å². The van der Waals surface area contributed by atoms with Crippen molar-refractivity contribution < 1.29 is 23.5 Å². The summed E-state index contributed by atoms with van der Waals surface area (Å²) < 4.78 is 17.7. The van der Waals surface area contributed by atoms with Gasteiger partial charge >= 0.3 is 5.97 Å². The minimum atomic E-state index is -0.422. The van der Waals surface area contributed by atoms with E-state index in [4.69, 9.17) is 0 Å². The molecule has 2 aromatic carbocycles. The Morgan fingerprint density at radius 2 is 1.54 bits per heavy atom. The van der Waals surface area contributed by atoms with Crippen LogP contribution in [0.25, 0.3) is 0 Å². The molecule has 0 heterocycles. The smallest absolute Gasteiger partial charge is 0.305 e. The van der Waals surface area contributed by atoms with Gasteiger partial charge in [-0.15, -0.1) is 0 Å². The Kier molecular flexibility index (Phi) is 8.34. The molecule has 0 aliphatic heterocycles. The van der Waals surface area contributed by atoms with Gasteiger partial charge in [-0.3, -0.25) is 14.4 Å². The summed E-state index contributed by atoms with van der Waals surface area (Å²) >= 11 is 0. The van der Waals surface area contributed by atoms with Crippen molar-refractivity contribution in [2.75, 3.05) is 13.7 Å². The van der Waals surface area contributed by atoms with Gasteiger partial charge in [0.2, 0.25) is 0 Å². The van der Waals surface area contributed by atoms with Gasteiger partial charge in [0.25, 0.3) is 5.91 Å². The quantitative estimate of drug-likeness (QED) is 0.382. The van der Waals surface area contributed by atoms with E-state index in [9.17, 15) is 18.8 Å². The first-order valence-electron chi connectivity index (χ1n) is 9.27. The van der Waals surface area contributed by atoms with Crippen molar-refractivity contribution in [3.63, 3.8) is 0 Å².